The highest BCUT2D eigenvalue weighted by Crippen LogP contribution is 2.39. The van der Waals surface area contributed by atoms with E-state index in [0.717, 1.165) is 38.9 Å². The van der Waals surface area contributed by atoms with Crippen LogP contribution in [-0.2, 0) is 11.8 Å². The zero-order valence-corrected chi connectivity index (χ0v) is 24.3. The number of likely N-dealkylation sites (tertiary alicyclic amines) is 1. The van der Waals surface area contributed by atoms with Crippen LogP contribution in [0.4, 0.5) is 21.6 Å². The molecule has 232 valence electrons. The molecule has 1 aliphatic heterocycles. The van der Waals surface area contributed by atoms with Crippen molar-refractivity contribution in [3.05, 3.63) is 41.5 Å². The zero-order chi connectivity index (χ0) is 32.2. The number of carbonyl (C=O) groups excluding carboxylic acids is 3. The monoisotopic (exact) mass is 610 g/mol. The van der Waals surface area contributed by atoms with Crippen LogP contribution >= 0.6 is 0 Å². The fourth-order valence-corrected chi connectivity index (χ4v) is 4.64. The van der Waals surface area contributed by atoms with E-state index in [1.807, 2.05) is 0 Å². The minimum absolute atomic E-state index is 0.0108. The first-order valence-electron chi connectivity index (χ1n) is 13.6. The molecule has 5 rings (SSSR count). The lowest BCUT2D eigenvalue weighted by Gasteiger charge is -2.20. The SMILES string of the molecule is CO.[B]C(O)(O)NC(=O)c1nnc(NC(=O)C2CC2)cc1Nc1cc(F)cc(-c2cc(C(=O)N3CCCC3)n(C)n2)c1OC. The van der Waals surface area contributed by atoms with Crippen molar-refractivity contribution in [1.82, 2.24) is 30.2 Å². The number of aliphatic hydroxyl groups is 3. The molecule has 1 aromatic carbocycles. The quantitative estimate of drug-likeness (QED) is 0.145. The first-order valence-corrected chi connectivity index (χ1v) is 13.6. The smallest absolute Gasteiger partial charge is 0.277 e. The van der Waals surface area contributed by atoms with Crippen molar-refractivity contribution in [2.24, 2.45) is 13.0 Å². The lowest BCUT2D eigenvalue weighted by molar-refractivity contribution is -0.117. The number of benzene rings is 1. The van der Waals surface area contributed by atoms with Crippen molar-refractivity contribution >= 4 is 42.8 Å². The van der Waals surface area contributed by atoms with Crippen molar-refractivity contribution in [2.45, 2.75) is 31.5 Å². The first-order chi connectivity index (χ1) is 20.9. The molecule has 3 aromatic rings. The minimum Gasteiger partial charge on any atom is -0.494 e. The van der Waals surface area contributed by atoms with E-state index in [4.69, 9.17) is 17.7 Å². The van der Waals surface area contributed by atoms with E-state index in [-0.39, 0.29) is 51.9 Å². The van der Waals surface area contributed by atoms with E-state index in [1.165, 1.54) is 23.9 Å². The molecular weight excluding hydrogens is 578 g/mol. The number of rotatable bonds is 9. The number of nitrogens with one attached hydrogen (secondary N) is 3. The van der Waals surface area contributed by atoms with Crippen LogP contribution in [0.5, 0.6) is 5.75 Å². The molecule has 3 heterocycles. The van der Waals surface area contributed by atoms with Crippen LogP contribution in [0.3, 0.4) is 0 Å². The maximum atomic E-state index is 15.0. The molecule has 0 unspecified atom stereocenters. The molecule has 2 fully saturated rings. The van der Waals surface area contributed by atoms with Gasteiger partial charge in [0, 0.05) is 50.9 Å². The van der Waals surface area contributed by atoms with Crippen LogP contribution in [0.25, 0.3) is 11.3 Å². The number of hydrogen-bond acceptors (Lipinski definition) is 11. The highest BCUT2D eigenvalue weighted by Gasteiger charge is 2.31. The Morgan fingerprint density at radius 1 is 1.07 bits per heavy atom. The number of aromatic nitrogens is 4. The van der Waals surface area contributed by atoms with Crippen LogP contribution in [0.1, 0.15) is 46.7 Å². The number of ether oxygens (including phenoxy) is 1. The van der Waals surface area contributed by atoms with Gasteiger partial charge in [-0.25, -0.2) is 4.39 Å². The van der Waals surface area contributed by atoms with Crippen molar-refractivity contribution in [1.29, 1.82) is 0 Å². The summed E-state index contributed by atoms with van der Waals surface area (Å²) in [6.07, 6.45) is 3.31. The summed E-state index contributed by atoms with van der Waals surface area (Å²) in [5.41, 5.74) is 0.257. The van der Waals surface area contributed by atoms with Gasteiger partial charge >= 0.3 is 0 Å². The summed E-state index contributed by atoms with van der Waals surface area (Å²) in [4.78, 5) is 39.8. The van der Waals surface area contributed by atoms with Gasteiger partial charge in [0.15, 0.2) is 30.9 Å². The fourth-order valence-electron chi connectivity index (χ4n) is 4.64. The molecule has 17 heteroatoms. The number of carbonyl (C=O) groups is 3. The van der Waals surface area contributed by atoms with Gasteiger partial charge in [-0.05, 0) is 37.8 Å². The average Bonchev–Trinajstić information content (AvgIpc) is 3.54. The van der Waals surface area contributed by atoms with Gasteiger partial charge in [0.2, 0.25) is 5.91 Å². The zero-order valence-electron chi connectivity index (χ0n) is 24.3. The Balaban J connectivity index is 0.00000216. The number of nitrogens with zero attached hydrogens (tertiary/aromatic N) is 5. The first kappa shape index (κ1) is 32.3. The van der Waals surface area contributed by atoms with Gasteiger partial charge in [-0.1, -0.05) is 0 Å². The molecule has 1 saturated carbocycles. The van der Waals surface area contributed by atoms with E-state index in [0.29, 0.717) is 18.8 Å². The summed E-state index contributed by atoms with van der Waals surface area (Å²) in [6, 6.07) is 5.10. The van der Waals surface area contributed by atoms with Gasteiger partial charge in [0.1, 0.15) is 11.5 Å². The molecule has 0 atom stereocenters. The third kappa shape index (κ3) is 7.48. The van der Waals surface area contributed by atoms with Crippen molar-refractivity contribution in [2.75, 3.05) is 37.9 Å². The van der Waals surface area contributed by atoms with Crippen LogP contribution in [0.2, 0.25) is 0 Å². The normalized spacial score (nSPS) is 14.4. The maximum Gasteiger partial charge on any atom is 0.277 e. The minimum atomic E-state index is -3.07. The van der Waals surface area contributed by atoms with E-state index in [1.54, 1.807) is 23.3 Å². The molecule has 44 heavy (non-hydrogen) atoms. The molecule has 0 bridgehead atoms. The van der Waals surface area contributed by atoms with Crippen LogP contribution in [0, 0.1) is 11.7 Å². The van der Waals surface area contributed by atoms with Crippen LogP contribution in [0.15, 0.2) is 24.3 Å². The Morgan fingerprint density at radius 2 is 1.75 bits per heavy atom. The molecule has 1 aliphatic carbocycles. The van der Waals surface area contributed by atoms with Gasteiger partial charge in [0.05, 0.1) is 24.2 Å². The summed E-state index contributed by atoms with van der Waals surface area (Å²) >= 11 is 0. The summed E-state index contributed by atoms with van der Waals surface area (Å²) in [5, 5.41) is 45.2. The van der Waals surface area contributed by atoms with Gasteiger partial charge in [0.25, 0.3) is 11.8 Å². The molecule has 2 aliphatic rings. The Labute approximate surface area is 252 Å². The summed E-state index contributed by atoms with van der Waals surface area (Å²) in [6.45, 7) is 1.29. The molecule has 15 nitrogen and oxygen atoms in total. The summed E-state index contributed by atoms with van der Waals surface area (Å²) < 4.78 is 22.0. The molecule has 3 amide bonds. The number of aryl methyl sites for hydroxylation is 1. The predicted molar refractivity (Wildman–Crippen MR) is 155 cm³/mol. The Morgan fingerprint density at radius 3 is 2.36 bits per heavy atom. The molecule has 1 saturated heterocycles. The van der Waals surface area contributed by atoms with Gasteiger partial charge in [-0.2, -0.15) is 5.10 Å². The topological polar surface area (TPSA) is 204 Å². The second kappa shape index (κ2) is 13.4. The number of methoxy groups -OCH3 is 1. The third-order valence-electron chi connectivity index (χ3n) is 6.80. The Bertz CT molecular complexity index is 1550. The van der Waals surface area contributed by atoms with Crippen molar-refractivity contribution in [3.63, 3.8) is 0 Å². The molecular formula is C27H32BFN8O7. The second-order valence-corrected chi connectivity index (χ2v) is 10.1. The number of amides is 3. The fraction of sp³-hybridized carbons (Fsp3) is 0.407. The number of aliphatic hydroxyl groups excluding tert-OH is 1. The van der Waals surface area contributed by atoms with E-state index >= 15 is 4.39 Å². The molecule has 0 spiro atoms. The Kier molecular flexibility index (Phi) is 9.81. The summed E-state index contributed by atoms with van der Waals surface area (Å²) in [5.74, 6) is -5.43. The lowest BCUT2D eigenvalue weighted by atomic mass is 10.0. The third-order valence-corrected chi connectivity index (χ3v) is 6.80. The standard InChI is InChI=1S/C26H28BFN8O6.CH4O/c1-35-19(25(39)36-7-3-4-8-36)11-16(34-35)15-9-14(28)10-18(22(15)42-2)29-17-12-20(30-23(37)13-5-6-13)32-33-21(17)24(38)31-26(27,40)41;1-2/h9-13,40-41H,3-8H2,1-2H3,(H,31,38)(H2,29,30,32,37);2H,1H3. The highest BCUT2D eigenvalue weighted by atomic mass is 19.1. The van der Waals surface area contributed by atoms with Crippen LogP contribution < -0.4 is 20.7 Å². The number of anilines is 3. The van der Waals surface area contributed by atoms with E-state index < -0.39 is 23.2 Å². The van der Waals surface area contributed by atoms with Crippen LogP contribution in [-0.4, -0.2) is 98.9 Å². The van der Waals surface area contributed by atoms with Gasteiger partial charge in [-0.15, -0.1) is 10.2 Å². The second-order valence-electron chi connectivity index (χ2n) is 10.1. The average molecular weight is 610 g/mol. The van der Waals surface area contributed by atoms with Crippen molar-refractivity contribution in [3.8, 4) is 17.0 Å². The van der Waals surface area contributed by atoms with Crippen molar-refractivity contribution < 1.29 is 38.8 Å². The number of halogens is 1. The Hall–Kier alpha value is -4.61. The largest absolute Gasteiger partial charge is 0.494 e. The summed E-state index contributed by atoms with van der Waals surface area (Å²) in [7, 11) is 9.05. The van der Waals surface area contributed by atoms with Gasteiger partial charge in [-0.3, -0.25) is 19.1 Å². The lowest BCUT2D eigenvalue weighted by Crippen LogP contribution is -2.49. The van der Waals surface area contributed by atoms with Gasteiger partial charge < -0.3 is 40.9 Å². The van der Waals surface area contributed by atoms with E-state index in [9.17, 15) is 24.6 Å². The predicted octanol–water partition coefficient (Wildman–Crippen LogP) is 0.456. The molecule has 2 radical (unpaired) electrons. The van der Waals surface area contributed by atoms with E-state index in [2.05, 4.69) is 25.9 Å². The molecule has 2 aromatic heterocycles. The number of hydrogen-bond donors (Lipinski definition) is 6. The maximum absolute atomic E-state index is 15.0. The molecule has 6 N–H and O–H groups in total. The highest BCUT2D eigenvalue weighted by molar-refractivity contribution is 6.15.